The molecular formula is C13H21NO. The van der Waals surface area contributed by atoms with Gasteiger partial charge in [-0.25, -0.2) is 0 Å². The van der Waals surface area contributed by atoms with Crippen LogP contribution in [-0.4, -0.2) is 12.3 Å². The zero-order valence-electron chi connectivity index (χ0n) is 9.64. The van der Waals surface area contributed by atoms with Gasteiger partial charge in [0, 0.05) is 24.7 Å². The number of ketones is 1. The minimum atomic E-state index is 0.284. The fourth-order valence-electron chi connectivity index (χ4n) is 2.64. The van der Waals surface area contributed by atoms with Gasteiger partial charge in [-0.1, -0.05) is 26.2 Å². The maximum Gasteiger partial charge on any atom is 0.157 e. The first-order valence-electron chi connectivity index (χ1n) is 6.15. The highest BCUT2D eigenvalue weighted by atomic mass is 16.1. The SMILES string of the molecule is CC1(CNC2=CC(=O)CC2)CCCCC1. The minimum Gasteiger partial charge on any atom is -0.388 e. The van der Waals surface area contributed by atoms with E-state index in [2.05, 4.69) is 12.2 Å². The average Bonchev–Trinajstić information content (AvgIpc) is 2.63. The Bertz CT molecular complexity index is 274. The van der Waals surface area contributed by atoms with Crippen LogP contribution < -0.4 is 5.32 Å². The second-order valence-electron chi connectivity index (χ2n) is 5.36. The summed E-state index contributed by atoms with van der Waals surface area (Å²) in [5.41, 5.74) is 1.62. The Balaban J connectivity index is 1.81. The molecule has 0 aromatic heterocycles. The van der Waals surface area contributed by atoms with Crippen molar-refractivity contribution in [1.29, 1.82) is 0 Å². The van der Waals surface area contributed by atoms with Gasteiger partial charge in [-0.15, -0.1) is 0 Å². The second-order valence-corrected chi connectivity index (χ2v) is 5.36. The zero-order chi connectivity index (χ0) is 10.7. The van der Waals surface area contributed by atoms with E-state index in [4.69, 9.17) is 0 Å². The molecule has 1 N–H and O–H groups in total. The largest absolute Gasteiger partial charge is 0.388 e. The van der Waals surface area contributed by atoms with Gasteiger partial charge in [0.25, 0.3) is 0 Å². The summed E-state index contributed by atoms with van der Waals surface area (Å²) in [5.74, 6) is 0.284. The van der Waals surface area contributed by atoms with Gasteiger partial charge < -0.3 is 5.32 Å². The van der Waals surface area contributed by atoms with Crippen LogP contribution >= 0.6 is 0 Å². The van der Waals surface area contributed by atoms with Gasteiger partial charge in [-0.05, 0) is 24.7 Å². The Hall–Kier alpha value is -0.790. The summed E-state index contributed by atoms with van der Waals surface area (Å²) in [5, 5.41) is 3.46. The molecule has 2 heteroatoms. The molecule has 2 aliphatic rings. The van der Waals surface area contributed by atoms with Gasteiger partial charge in [-0.3, -0.25) is 4.79 Å². The van der Waals surface area contributed by atoms with E-state index in [9.17, 15) is 4.79 Å². The molecule has 2 nitrogen and oxygen atoms in total. The van der Waals surface area contributed by atoms with Gasteiger partial charge in [0.2, 0.25) is 0 Å². The summed E-state index contributed by atoms with van der Waals surface area (Å²) in [6, 6.07) is 0. The van der Waals surface area contributed by atoms with Crippen molar-refractivity contribution in [1.82, 2.24) is 5.32 Å². The zero-order valence-corrected chi connectivity index (χ0v) is 9.64. The molecule has 1 saturated carbocycles. The number of hydrogen-bond acceptors (Lipinski definition) is 2. The number of hydrogen-bond donors (Lipinski definition) is 1. The van der Waals surface area contributed by atoms with Gasteiger partial charge in [0.1, 0.15) is 0 Å². The molecule has 0 spiro atoms. The Morgan fingerprint density at radius 3 is 2.60 bits per heavy atom. The van der Waals surface area contributed by atoms with E-state index in [0.717, 1.165) is 18.7 Å². The molecule has 84 valence electrons. The predicted molar refractivity (Wildman–Crippen MR) is 61.5 cm³/mol. The Morgan fingerprint density at radius 1 is 1.27 bits per heavy atom. The lowest BCUT2D eigenvalue weighted by atomic mass is 9.76. The van der Waals surface area contributed by atoms with Gasteiger partial charge in [0.15, 0.2) is 5.78 Å². The maximum atomic E-state index is 11.1. The second kappa shape index (κ2) is 4.38. The van der Waals surface area contributed by atoms with E-state index in [1.54, 1.807) is 6.08 Å². The summed E-state index contributed by atoms with van der Waals surface area (Å²) in [7, 11) is 0. The molecule has 15 heavy (non-hydrogen) atoms. The van der Waals surface area contributed by atoms with Crippen molar-refractivity contribution in [2.45, 2.75) is 51.9 Å². The normalized spacial score (nSPS) is 25.1. The molecule has 0 radical (unpaired) electrons. The first-order valence-corrected chi connectivity index (χ1v) is 6.15. The van der Waals surface area contributed by atoms with E-state index in [1.165, 1.54) is 32.1 Å². The van der Waals surface area contributed by atoms with Crippen LogP contribution in [0.1, 0.15) is 51.9 Å². The van der Waals surface area contributed by atoms with Crippen molar-refractivity contribution in [2.24, 2.45) is 5.41 Å². The molecule has 0 bridgehead atoms. The monoisotopic (exact) mass is 207 g/mol. The predicted octanol–water partition coefficient (Wildman–Crippen LogP) is 2.79. The standard InChI is InChI=1S/C13H21NO/c1-13(7-3-2-4-8-13)10-14-11-5-6-12(15)9-11/h9,14H,2-8,10H2,1H3. The van der Waals surface area contributed by atoms with Gasteiger partial charge in [-0.2, -0.15) is 0 Å². The fourth-order valence-corrected chi connectivity index (χ4v) is 2.64. The smallest absolute Gasteiger partial charge is 0.157 e. The molecule has 0 unspecified atom stereocenters. The van der Waals surface area contributed by atoms with E-state index < -0.39 is 0 Å². The van der Waals surface area contributed by atoms with E-state index >= 15 is 0 Å². The van der Waals surface area contributed by atoms with Gasteiger partial charge >= 0.3 is 0 Å². The highest BCUT2D eigenvalue weighted by Gasteiger charge is 2.27. The third kappa shape index (κ3) is 2.83. The van der Waals surface area contributed by atoms with Crippen LogP contribution in [-0.2, 0) is 4.79 Å². The van der Waals surface area contributed by atoms with Crippen LogP contribution in [0.25, 0.3) is 0 Å². The topological polar surface area (TPSA) is 29.1 Å². The maximum absolute atomic E-state index is 11.1. The van der Waals surface area contributed by atoms with Crippen LogP contribution in [0.5, 0.6) is 0 Å². The highest BCUT2D eigenvalue weighted by molar-refractivity contribution is 5.92. The molecule has 0 amide bonds. The molecule has 0 heterocycles. The van der Waals surface area contributed by atoms with Crippen LogP contribution in [0.2, 0.25) is 0 Å². The van der Waals surface area contributed by atoms with Crippen LogP contribution in [0.15, 0.2) is 11.8 Å². The first kappa shape index (κ1) is 10.7. The molecule has 0 saturated heterocycles. The number of rotatable bonds is 3. The van der Waals surface area contributed by atoms with Crippen molar-refractivity contribution < 1.29 is 4.79 Å². The number of carbonyl (C=O) groups excluding carboxylic acids is 1. The fraction of sp³-hybridized carbons (Fsp3) is 0.769. The number of carbonyl (C=O) groups is 1. The lowest BCUT2D eigenvalue weighted by Gasteiger charge is -2.34. The lowest BCUT2D eigenvalue weighted by molar-refractivity contribution is -0.114. The molecule has 2 rings (SSSR count). The molecule has 0 aliphatic heterocycles. The van der Waals surface area contributed by atoms with Crippen LogP contribution in [0.4, 0.5) is 0 Å². The molecule has 0 aromatic carbocycles. The third-order valence-corrected chi connectivity index (χ3v) is 3.78. The molecule has 2 aliphatic carbocycles. The van der Waals surface area contributed by atoms with Crippen LogP contribution in [0, 0.1) is 5.41 Å². The van der Waals surface area contributed by atoms with Crippen molar-refractivity contribution in [2.75, 3.05) is 6.54 Å². The molecule has 0 atom stereocenters. The Morgan fingerprint density at radius 2 is 2.00 bits per heavy atom. The first-order chi connectivity index (χ1) is 7.18. The lowest BCUT2D eigenvalue weighted by Crippen LogP contribution is -2.32. The molecule has 0 aromatic rings. The minimum absolute atomic E-state index is 0.284. The average molecular weight is 207 g/mol. The highest BCUT2D eigenvalue weighted by Crippen LogP contribution is 2.35. The molecule has 1 fully saturated rings. The summed E-state index contributed by atoms with van der Waals surface area (Å²) in [6.07, 6.45) is 10.2. The number of nitrogens with one attached hydrogen (secondary N) is 1. The van der Waals surface area contributed by atoms with E-state index in [0.29, 0.717) is 11.8 Å². The van der Waals surface area contributed by atoms with Crippen molar-refractivity contribution in [3.8, 4) is 0 Å². The van der Waals surface area contributed by atoms with Crippen molar-refractivity contribution in [3.63, 3.8) is 0 Å². The quantitative estimate of drug-likeness (QED) is 0.771. The van der Waals surface area contributed by atoms with Crippen LogP contribution in [0.3, 0.4) is 0 Å². The third-order valence-electron chi connectivity index (χ3n) is 3.78. The van der Waals surface area contributed by atoms with Crippen molar-refractivity contribution >= 4 is 5.78 Å². The summed E-state index contributed by atoms with van der Waals surface area (Å²) >= 11 is 0. The van der Waals surface area contributed by atoms with E-state index in [1.807, 2.05) is 0 Å². The van der Waals surface area contributed by atoms with Crippen molar-refractivity contribution in [3.05, 3.63) is 11.8 Å². The summed E-state index contributed by atoms with van der Waals surface area (Å²) < 4.78 is 0. The Labute approximate surface area is 92.1 Å². The van der Waals surface area contributed by atoms with Gasteiger partial charge in [0.05, 0.1) is 0 Å². The summed E-state index contributed by atoms with van der Waals surface area (Å²) in [6.45, 7) is 3.42. The Kier molecular flexibility index (Phi) is 3.13. The summed E-state index contributed by atoms with van der Waals surface area (Å²) in [4.78, 5) is 11.1. The molecular weight excluding hydrogens is 186 g/mol. The number of allylic oxidation sites excluding steroid dienone is 2. The van der Waals surface area contributed by atoms with E-state index in [-0.39, 0.29) is 5.78 Å².